The largest absolute Gasteiger partial charge is 0.368 e. The van der Waals surface area contributed by atoms with Crippen LogP contribution in [-0.4, -0.2) is 60.2 Å². The van der Waals surface area contributed by atoms with Gasteiger partial charge in [-0.2, -0.15) is 0 Å². The van der Waals surface area contributed by atoms with Crippen molar-refractivity contribution in [3.05, 3.63) is 65.9 Å². The van der Waals surface area contributed by atoms with E-state index >= 15 is 0 Å². The number of carbonyl (C=O) groups excluding carboxylic acids is 3. The lowest BCUT2D eigenvalue weighted by atomic mass is 10.0. The molecule has 0 bridgehead atoms. The minimum atomic E-state index is -0.249. The van der Waals surface area contributed by atoms with E-state index < -0.39 is 0 Å². The molecule has 1 N–H and O–H groups in total. The molecule has 0 spiro atoms. The highest BCUT2D eigenvalue weighted by atomic mass is 16.2. The topological polar surface area (TPSA) is 73.0 Å². The zero-order valence-corrected chi connectivity index (χ0v) is 19.4. The molecule has 0 aromatic heterocycles. The summed E-state index contributed by atoms with van der Waals surface area (Å²) in [6, 6.07) is 17.3. The second kappa shape index (κ2) is 9.48. The lowest BCUT2D eigenvalue weighted by Crippen LogP contribution is -2.47. The molecule has 33 heavy (non-hydrogen) atoms. The van der Waals surface area contributed by atoms with Gasteiger partial charge in [0.1, 0.15) is 5.70 Å². The van der Waals surface area contributed by atoms with Gasteiger partial charge in [0, 0.05) is 51.0 Å². The third-order valence-electron chi connectivity index (χ3n) is 5.90. The van der Waals surface area contributed by atoms with Crippen LogP contribution in [0.2, 0.25) is 0 Å². The average Bonchev–Trinajstić information content (AvgIpc) is 3.04. The zero-order valence-electron chi connectivity index (χ0n) is 19.4. The average molecular weight is 447 g/mol. The molecule has 2 aliphatic heterocycles. The van der Waals surface area contributed by atoms with Crippen molar-refractivity contribution in [2.24, 2.45) is 5.92 Å². The molecule has 1 fully saturated rings. The Morgan fingerprint density at radius 1 is 0.879 bits per heavy atom. The highest BCUT2D eigenvalue weighted by molar-refractivity contribution is 6.35. The van der Waals surface area contributed by atoms with Crippen LogP contribution >= 0.6 is 0 Å². The number of carbonyl (C=O) groups is 3. The van der Waals surface area contributed by atoms with Crippen molar-refractivity contribution in [3.63, 3.8) is 0 Å². The van der Waals surface area contributed by atoms with E-state index in [1.807, 2.05) is 32.0 Å². The van der Waals surface area contributed by atoms with Crippen molar-refractivity contribution in [2.45, 2.75) is 20.8 Å². The van der Waals surface area contributed by atoms with Gasteiger partial charge in [-0.3, -0.25) is 19.3 Å². The number of benzene rings is 2. The first-order valence-electron chi connectivity index (χ1n) is 11.4. The van der Waals surface area contributed by atoms with Crippen LogP contribution in [0.1, 0.15) is 26.3 Å². The van der Waals surface area contributed by atoms with Crippen LogP contribution in [0.25, 0.3) is 5.57 Å². The molecule has 2 aliphatic rings. The normalized spacial score (nSPS) is 16.8. The lowest BCUT2D eigenvalue weighted by molar-refractivity contribution is -0.138. The number of piperazine rings is 1. The van der Waals surface area contributed by atoms with Gasteiger partial charge in [-0.25, -0.2) is 0 Å². The van der Waals surface area contributed by atoms with Gasteiger partial charge in [-0.1, -0.05) is 44.2 Å². The summed E-state index contributed by atoms with van der Waals surface area (Å²) in [5.41, 5.74) is 3.44. The van der Waals surface area contributed by atoms with E-state index in [-0.39, 0.29) is 23.6 Å². The molecule has 172 valence electrons. The van der Waals surface area contributed by atoms with E-state index in [0.717, 1.165) is 18.8 Å². The molecule has 7 heteroatoms. The molecule has 7 nitrogen and oxygen atoms in total. The summed E-state index contributed by atoms with van der Waals surface area (Å²) >= 11 is 0. The van der Waals surface area contributed by atoms with Crippen molar-refractivity contribution in [2.75, 3.05) is 42.9 Å². The Labute approximate surface area is 194 Å². The van der Waals surface area contributed by atoms with Gasteiger partial charge >= 0.3 is 0 Å². The molecule has 1 saturated heterocycles. The number of hydrogen-bond donors (Lipinski definition) is 1. The van der Waals surface area contributed by atoms with E-state index in [4.69, 9.17) is 0 Å². The monoisotopic (exact) mass is 446 g/mol. The van der Waals surface area contributed by atoms with Gasteiger partial charge in [0.2, 0.25) is 5.91 Å². The van der Waals surface area contributed by atoms with Gasteiger partial charge in [0.15, 0.2) is 0 Å². The maximum absolute atomic E-state index is 13.4. The Kier molecular flexibility index (Phi) is 6.49. The van der Waals surface area contributed by atoms with E-state index in [0.29, 0.717) is 42.2 Å². The molecule has 0 saturated carbocycles. The van der Waals surface area contributed by atoms with Crippen LogP contribution in [-0.2, 0) is 14.4 Å². The maximum atomic E-state index is 13.4. The van der Waals surface area contributed by atoms with Crippen molar-refractivity contribution in [1.82, 2.24) is 9.80 Å². The summed E-state index contributed by atoms with van der Waals surface area (Å²) in [4.78, 5) is 43.9. The van der Waals surface area contributed by atoms with Crippen LogP contribution in [0.3, 0.4) is 0 Å². The van der Waals surface area contributed by atoms with Gasteiger partial charge in [0.25, 0.3) is 11.8 Å². The fourth-order valence-electron chi connectivity index (χ4n) is 4.40. The molecule has 3 amide bonds. The summed E-state index contributed by atoms with van der Waals surface area (Å²) in [5, 5.41) is 2.74. The second-order valence-corrected chi connectivity index (χ2v) is 8.91. The fourth-order valence-corrected chi connectivity index (χ4v) is 4.40. The summed E-state index contributed by atoms with van der Waals surface area (Å²) < 4.78 is 0. The molecule has 2 heterocycles. The first-order valence-corrected chi connectivity index (χ1v) is 11.4. The van der Waals surface area contributed by atoms with Crippen molar-refractivity contribution >= 4 is 34.7 Å². The number of amides is 3. The fraction of sp³-hybridized carbons (Fsp3) is 0.346. The second-order valence-electron chi connectivity index (χ2n) is 8.91. The lowest BCUT2D eigenvalue weighted by Gasteiger charge is -2.37. The maximum Gasteiger partial charge on any atom is 0.277 e. The van der Waals surface area contributed by atoms with E-state index in [9.17, 15) is 14.4 Å². The molecule has 0 atom stereocenters. The number of para-hydroxylation sites is 1. The van der Waals surface area contributed by atoms with Gasteiger partial charge in [0.05, 0.1) is 5.57 Å². The molecular formula is C26H30N4O3. The van der Waals surface area contributed by atoms with E-state index in [2.05, 4.69) is 27.2 Å². The third-order valence-corrected chi connectivity index (χ3v) is 5.90. The quantitative estimate of drug-likeness (QED) is 0.690. The number of hydrogen-bond acceptors (Lipinski definition) is 5. The number of imide groups is 1. The Balaban J connectivity index is 1.63. The molecule has 0 unspecified atom stereocenters. The van der Waals surface area contributed by atoms with Crippen molar-refractivity contribution in [1.29, 1.82) is 0 Å². The summed E-state index contributed by atoms with van der Waals surface area (Å²) in [6.07, 6.45) is 0. The van der Waals surface area contributed by atoms with E-state index in [1.54, 1.807) is 24.3 Å². The zero-order chi connectivity index (χ0) is 23.5. The smallest absolute Gasteiger partial charge is 0.277 e. The van der Waals surface area contributed by atoms with Crippen molar-refractivity contribution < 1.29 is 14.4 Å². The summed E-state index contributed by atoms with van der Waals surface area (Å²) in [7, 11) is 0. The minimum Gasteiger partial charge on any atom is -0.368 e. The molecule has 4 rings (SSSR count). The van der Waals surface area contributed by atoms with Gasteiger partial charge in [-0.05, 0) is 35.7 Å². The summed E-state index contributed by atoms with van der Waals surface area (Å²) in [6.45, 7) is 8.70. The standard InChI is InChI=1S/C26H30N4O3/c1-18(2)17-30-25(32)23(20-9-11-21(12-10-20)27-19(3)31)24(26(30)33)29-15-13-28(14-16-29)22-7-5-4-6-8-22/h4-12,18H,13-17H2,1-3H3,(H,27,31). The van der Waals surface area contributed by atoms with Crippen LogP contribution in [0, 0.1) is 5.92 Å². The first-order chi connectivity index (χ1) is 15.8. The SMILES string of the molecule is CC(=O)Nc1ccc(C2=C(N3CCN(c4ccccc4)CC3)C(=O)N(CC(C)C)C2=O)cc1. The molecule has 0 aliphatic carbocycles. The highest BCUT2D eigenvalue weighted by Gasteiger charge is 2.42. The van der Waals surface area contributed by atoms with Gasteiger partial charge < -0.3 is 15.1 Å². The Hall–Kier alpha value is -3.61. The predicted octanol–water partition coefficient (Wildman–Crippen LogP) is 3.20. The first kappa shape index (κ1) is 22.6. The van der Waals surface area contributed by atoms with Crippen LogP contribution in [0.4, 0.5) is 11.4 Å². The molecule has 2 aromatic rings. The van der Waals surface area contributed by atoms with Crippen molar-refractivity contribution in [3.8, 4) is 0 Å². The van der Waals surface area contributed by atoms with Crippen LogP contribution in [0.15, 0.2) is 60.3 Å². The molecular weight excluding hydrogens is 416 g/mol. The number of anilines is 2. The molecule has 2 aromatic carbocycles. The minimum absolute atomic E-state index is 0.158. The molecule has 0 radical (unpaired) electrons. The van der Waals surface area contributed by atoms with Gasteiger partial charge in [-0.15, -0.1) is 0 Å². The summed E-state index contributed by atoms with van der Waals surface area (Å²) in [5.74, 6) is -0.450. The number of nitrogens with one attached hydrogen (secondary N) is 1. The van der Waals surface area contributed by atoms with Crippen LogP contribution < -0.4 is 10.2 Å². The Morgan fingerprint density at radius 2 is 1.48 bits per heavy atom. The van der Waals surface area contributed by atoms with E-state index in [1.165, 1.54) is 11.8 Å². The highest BCUT2D eigenvalue weighted by Crippen LogP contribution is 2.33. The third kappa shape index (κ3) is 4.77. The number of nitrogens with zero attached hydrogens (tertiary/aromatic N) is 3. The number of rotatable bonds is 6. The Bertz CT molecular complexity index is 1070. The Morgan fingerprint density at radius 3 is 2.06 bits per heavy atom. The van der Waals surface area contributed by atoms with Crippen LogP contribution in [0.5, 0.6) is 0 Å². The predicted molar refractivity (Wildman–Crippen MR) is 129 cm³/mol.